The molecule has 132 valence electrons. The van der Waals surface area contributed by atoms with Gasteiger partial charge in [-0.1, -0.05) is 44.2 Å². The lowest BCUT2D eigenvalue weighted by Gasteiger charge is -2.13. The van der Waals surface area contributed by atoms with E-state index >= 15 is 0 Å². The summed E-state index contributed by atoms with van der Waals surface area (Å²) in [5, 5.41) is 14.7. The zero-order valence-corrected chi connectivity index (χ0v) is 14.1. The smallest absolute Gasteiger partial charge is 0.313 e. The minimum atomic E-state index is -1.23. The van der Waals surface area contributed by atoms with Gasteiger partial charge in [0, 0.05) is 17.8 Å². The molecule has 0 aromatic heterocycles. The van der Waals surface area contributed by atoms with Gasteiger partial charge >= 0.3 is 11.8 Å². The highest BCUT2D eigenvalue weighted by atomic mass is 19.1. The van der Waals surface area contributed by atoms with Gasteiger partial charge in [0.05, 0.1) is 6.10 Å². The number of anilines is 1. The van der Waals surface area contributed by atoms with Gasteiger partial charge in [0.1, 0.15) is 5.82 Å². The second-order valence-corrected chi connectivity index (χ2v) is 5.98. The lowest BCUT2D eigenvalue weighted by Crippen LogP contribution is -2.37. The van der Waals surface area contributed by atoms with E-state index in [0.29, 0.717) is 11.6 Å². The largest absolute Gasteiger partial charge is 0.386 e. The predicted octanol–water partition coefficient (Wildman–Crippen LogP) is 2.74. The highest BCUT2D eigenvalue weighted by Crippen LogP contribution is 2.17. The standard InChI is InChI=1S/C19H21FN2O3/c1-12(2)13-7-9-14(10-8-13)22-19(25)18(24)21-11-17(23)15-5-3-4-6-16(15)20/h3-10,12,17,23H,11H2,1-2H3,(H,21,24)(H,22,25). The monoisotopic (exact) mass is 344 g/mol. The van der Waals surface area contributed by atoms with E-state index in [-0.39, 0.29) is 12.1 Å². The number of halogens is 1. The zero-order valence-electron chi connectivity index (χ0n) is 14.1. The SMILES string of the molecule is CC(C)c1ccc(NC(=O)C(=O)NCC(O)c2ccccc2F)cc1. The maximum absolute atomic E-state index is 13.5. The van der Waals surface area contributed by atoms with Crippen LogP contribution in [0, 0.1) is 5.82 Å². The van der Waals surface area contributed by atoms with Crippen molar-refractivity contribution in [2.24, 2.45) is 0 Å². The van der Waals surface area contributed by atoms with Crippen LogP contribution in [0.2, 0.25) is 0 Å². The van der Waals surface area contributed by atoms with Gasteiger partial charge in [0.25, 0.3) is 0 Å². The van der Waals surface area contributed by atoms with Crippen LogP contribution in [0.15, 0.2) is 48.5 Å². The first kappa shape index (κ1) is 18.6. The number of aliphatic hydroxyl groups excluding tert-OH is 1. The Kier molecular flexibility index (Phi) is 6.25. The second kappa shape index (κ2) is 8.39. The van der Waals surface area contributed by atoms with Crippen LogP contribution in [0.4, 0.5) is 10.1 Å². The van der Waals surface area contributed by atoms with E-state index in [9.17, 15) is 19.1 Å². The molecule has 3 N–H and O–H groups in total. The summed E-state index contributed by atoms with van der Waals surface area (Å²) in [5.74, 6) is -1.95. The quantitative estimate of drug-likeness (QED) is 0.730. The molecule has 0 saturated carbocycles. The first-order chi connectivity index (χ1) is 11.9. The number of nitrogens with one attached hydrogen (secondary N) is 2. The third-order valence-corrected chi connectivity index (χ3v) is 3.76. The minimum Gasteiger partial charge on any atom is -0.386 e. The van der Waals surface area contributed by atoms with Crippen molar-refractivity contribution >= 4 is 17.5 Å². The van der Waals surface area contributed by atoms with E-state index in [1.165, 1.54) is 18.2 Å². The fourth-order valence-corrected chi connectivity index (χ4v) is 2.26. The average molecular weight is 344 g/mol. The Hall–Kier alpha value is -2.73. The Balaban J connectivity index is 1.88. The molecule has 0 aliphatic carbocycles. The molecule has 0 spiro atoms. The maximum Gasteiger partial charge on any atom is 0.313 e. The Morgan fingerprint density at radius 3 is 2.28 bits per heavy atom. The molecule has 1 unspecified atom stereocenters. The van der Waals surface area contributed by atoms with Crippen molar-refractivity contribution in [2.75, 3.05) is 11.9 Å². The van der Waals surface area contributed by atoms with Crippen LogP contribution < -0.4 is 10.6 Å². The highest BCUT2D eigenvalue weighted by Gasteiger charge is 2.17. The van der Waals surface area contributed by atoms with Gasteiger partial charge in [-0.15, -0.1) is 0 Å². The molecule has 6 heteroatoms. The van der Waals surface area contributed by atoms with Gasteiger partial charge < -0.3 is 15.7 Å². The van der Waals surface area contributed by atoms with Crippen molar-refractivity contribution in [1.29, 1.82) is 0 Å². The van der Waals surface area contributed by atoms with Crippen molar-refractivity contribution in [2.45, 2.75) is 25.9 Å². The van der Waals surface area contributed by atoms with Crippen LogP contribution >= 0.6 is 0 Å². The molecule has 2 amide bonds. The summed E-state index contributed by atoms with van der Waals surface area (Å²) in [6.07, 6.45) is -1.23. The van der Waals surface area contributed by atoms with Crippen LogP contribution in [-0.2, 0) is 9.59 Å². The molecule has 1 atom stereocenters. The molecule has 2 aromatic rings. The van der Waals surface area contributed by atoms with Crippen molar-refractivity contribution in [1.82, 2.24) is 5.32 Å². The minimum absolute atomic E-state index is 0.0625. The van der Waals surface area contributed by atoms with Gasteiger partial charge in [-0.05, 0) is 29.7 Å². The van der Waals surface area contributed by atoms with E-state index in [1.807, 2.05) is 12.1 Å². The summed E-state index contributed by atoms with van der Waals surface area (Å²) in [4.78, 5) is 23.7. The summed E-state index contributed by atoms with van der Waals surface area (Å²) in [7, 11) is 0. The van der Waals surface area contributed by atoms with Crippen molar-refractivity contribution in [3.63, 3.8) is 0 Å². The van der Waals surface area contributed by atoms with E-state index in [2.05, 4.69) is 24.5 Å². The molecule has 2 aromatic carbocycles. The third-order valence-electron chi connectivity index (χ3n) is 3.76. The Bertz CT molecular complexity index is 745. The van der Waals surface area contributed by atoms with E-state index in [4.69, 9.17) is 0 Å². The number of hydrogen-bond donors (Lipinski definition) is 3. The normalized spacial score (nSPS) is 11.9. The number of carbonyl (C=O) groups excluding carboxylic acids is 2. The number of hydrogen-bond acceptors (Lipinski definition) is 3. The molecule has 5 nitrogen and oxygen atoms in total. The number of amides is 2. The zero-order chi connectivity index (χ0) is 18.4. The summed E-state index contributed by atoms with van der Waals surface area (Å²) >= 11 is 0. The van der Waals surface area contributed by atoms with Gasteiger partial charge in [-0.2, -0.15) is 0 Å². The van der Waals surface area contributed by atoms with Crippen LogP contribution in [0.3, 0.4) is 0 Å². The van der Waals surface area contributed by atoms with Crippen molar-refractivity contribution in [3.05, 3.63) is 65.5 Å². The highest BCUT2D eigenvalue weighted by molar-refractivity contribution is 6.39. The van der Waals surface area contributed by atoms with Crippen molar-refractivity contribution in [3.8, 4) is 0 Å². The first-order valence-corrected chi connectivity index (χ1v) is 8.00. The van der Waals surface area contributed by atoms with Crippen LogP contribution in [-0.4, -0.2) is 23.5 Å². The number of carbonyl (C=O) groups is 2. The number of aliphatic hydroxyl groups is 1. The molecule has 0 aliphatic rings. The third kappa shape index (κ3) is 5.12. The summed E-state index contributed by atoms with van der Waals surface area (Å²) in [6.45, 7) is 3.85. The fraction of sp³-hybridized carbons (Fsp3) is 0.263. The molecule has 2 rings (SSSR count). The lowest BCUT2D eigenvalue weighted by molar-refractivity contribution is -0.136. The molecule has 0 fully saturated rings. The van der Waals surface area contributed by atoms with Crippen molar-refractivity contribution < 1.29 is 19.1 Å². The maximum atomic E-state index is 13.5. The Labute approximate surface area is 145 Å². The van der Waals surface area contributed by atoms with Gasteiger partial charge in [-0.25, -0.2) is 4.39 Å². The van der Waals surface area contributed by atoms with Gasteiger partial charge in [0.15, 0.2) is 0 Å². The van der Waals surface area contributed by atoms with E-state index < -0.39 is 23.7 Å². The molecule has 0 radical (unpaired) electrons. The molecular formula is C19H21FN2O3. The molecular weight excluding hydrogens is 323 g/mol. The molecule has 0 saturated heterocycles. The van der Waals surface area contributed by atoms with Crippen LogP contribution in [0.25, 0.3) is 0 Å². The van der Waals surface area contributed by atoms with E-state index in [0.717, 1.165) is 5.56 Å². The average Bonchev–Trinajstić information content (AvgIpc) is 2.60. The second-order valence-electron chi connectivity index (χ2n) is 5.98. The fourth-order valence-electron chi connectivity index (χ4n) is 2.26. The summed E-state index contributed by atoms with van der Waals surface area (Å²) in [5.41, 5.74) is 1.68. The first-order valence-electron chi connectivity index (χ1n) is 8.00. The molecule has 0 bridgehead atoms. The van der Waals surface area contributed by atoms with Gasteiger partial charge in [0.2, 0.25) is 0 Å². The topological polar surface area (TPSA) is 78.4 Å². The van der Waals surface area contributed by atoms with Crippen LogP contribution in [0.1, 0.15) is 37.0 Å². The van der Waals surface area contributed by atoms with Crippen LogP contribution in [0.5, 0.6) is 0 Å². The predicted molar refractivity (Wildman–Crippen MR) is 93.5 cm³/mol. The summed E-state index contributed by atoms with van der Waals surface area (Å²) < 4.78 is 13.5. The lowest BCUT2D eigenvalue weighted by atomic mass is 10.0. The van der Waals surface area contributed by atoms with E-state index in [1.54, 1.807) is 18.2 Å². The molecule has 25 heavy (non-hydrogen) atoms. The molecule has 0 heterocycles. The molecule has 0 aliphatic heterocycles. The van der Waals surface area contributed by atoms with Gasteiger partial charge in [-0.3, -0.25) is 9.59 Å². The summed E-state index contributed by atoms with van der Waals surface area (Å²) in [6, 6.07) is 12.9. The number of benzene rings is 2. The Morgan fingerprint density at radius 1 is 1.04 bits per heavy atom. The Morgan fingerprint density at radius 2 is 1.68 bits per heavy atom. The number of rotatable bonds is 5.